The number of hydrogen-bond donors (Lipinski definition) is 0. The van der Waals surface area contributed by atoms with E-state index in [9.17, 15) is 4.39 Å². The zero-order valence-electron chi connectivity index (χ0n) is 11.0. The maximum Gasteiger partial charge on any atom is 0.140 e. The molecule has 102 valence electrons. The summed E-state index contributed by atoms with van der Waals surface area (Å²) in [5.74, 6) is 0.134. The smallest absolute Gasteiger partial charge is 0.140 e. The Morgan fingerprint density at radius 3 is 2.86 bits per heavy atom. The Hall–Kier alpha value is -2.45. The van der Waals surface area contributed by atoms with Crippen LogP contribution in [0.5, 0.6) is 0 Å². The predicted molar refractivity (Wildman–Crippen MR) is 80.2 cm³/mol. The predicted octanol–water partition coefficient (Wildman–Crippen LogP) is 3.93. The van der Waals surface area contributed by atoms with E-state index in [1.165, 1.54) is 12.4 Å². The molecular weight excluding hydrogens is 285 g/mol. The first-order chi connectivity index (χ1) is 10.3. The van der Waals surface area contributed by atoms with Crippen LogP contribution in [0.3, 0.4) is 0 Å². The van der Waals surface area contributed by atoms with Crippen molar-refractivity contribution in [3.05, 3.63) is 65.7 Å². The third-order valence-corrected chi connectivity index (χ3v) is 4.11. The first-order valence-corrected chi connectivity index (χ1v) is 7.27. The number of benzene rings is 2. The molecule has 0 aliphatic rings. The molecule has 0 amide bonds. The SMILES string of the molecule is N#Cc1cc(CSc2ncnc3ccccc23)ccc1F. The highest BCUT2D eigenvalue weighted by atomic mass is 32.2. The molecule has 2 aromatic carbocycles. The summed E-state index contributed by atoms with van der Waals surface area (Å²) < 4.78 is 13.3. The lowest BCUT2D eigenvalue weighted by molar-refractivity contribution is 0.623. The molecule has 0 saturated heterocycles. The van der Waals surface area contributed by atoms with Gasteiger partial charge in [0, 0.05) is 11.1 Å². The third kappa shape index (κ3) is 2.86. The minimum absolute atomic E-state index is 0.0700. The molecule has 1 heterocycles. The molecule has 0 aliphatic heterocycles. The van der Waals surface area contributed by atoms with Crippen LogP contribution in [0.25, 0.3) is 10.9 Å². The molecule has 0 saturated carbocycles. The second-order valence-electron chi connectivity index (χ2n) is 4.41. The van der Waals surface area contributed by atoms with E-state index in [4.69, 9.17) is 5.26 Å². The summed E-state index contributed by atoms with van der Waals surface area (Å²) in [7, 11) is 0. The van der Waals surface area contributed by atoms with Crippen molar-refractivity contribution < 1.29 is 4.39 Å². The first kappa shape index (κ1) is 13.5. The summed E-state index contributed by atoms with van der Waals surface area (Å²) in [5.41, 5.74) is 1.85. The van der Waals surface area contributed by atoms with E-state index in [2.05, 4.69) is 9.97 Å². The Morgan fingerprint density at radius 2 is 2.00 bits per heavy atom. The van der Waals surface area contributed by atoms with Gasteiger partial charge in [-0.25, -0.2) is 14.4 Å². The molecule has 0 radical (unpaired) electrons. The van der Waals surface area contributed by atoms with Crippen LogP contribution >= 0.6 is 11.8 Å². The number of nitriles is 1. The highest BCUT2D eigenvalue weighted by molar-refractivity contribution is 7.98. The van der Waals surface area contributed by atoms with Gasteiger partial charge in [-0.3, -0.25) is 0 Å². The summed E-state index contributed by atoms with van der Waals surface area (Å²) in [6.45, 7) is 0. The van der Waals surface area contributed by atoms with Crippen molar-refractivity contribution in [3.63, 3.8) is 0 Å². The van der Waals surface area contributed by atoms with Gasteiger partial charge in [0.2, 0.25) is 0 Å². The van der Waals surface area contributed by atoms with Crippen molar-refractivity contribution in [1.82, 2.24) is 9.97 Å². The van der Waals surface area contributed by atoms with Gasteiger partial charge in [-0.05, 0) is 23.8 Å². The lowest BCUT2D eigenvalue weighted by Gasteiger charge is -2.05. The summed E-state index contributed by atoms with van der Waals surface area (Å²) in [6.07, 6.45) is 1.54. The molecule has 3 nitrogen and oxygen atoms in total. The van der Waals surface area contributed by atoms with Crippen molar-refractivity contribution in [2.24, 2.45) is 0 Å². The van der Waals surface area contributed by atoms with Gasteiger partial charge >= 0.3 is 0 Å². The van der Waals surface area contributed by atoms with Crippen molar-refractivity contribution in [2.75, 3.05) is 0 Å². The van der Waals surface area contributed by atoms with Crippen molar-refractivity contribution in [2.45, 2.75) is 10.8 Å². The molecule has 0 spiro atoms. The largest absolute Gasteiger partial charge is 0.236 e. The van der Waals surface area contributed by atoms with Crippen LogP contribution < -0.4 is 0 Å². The van der Waals surface area contributed by atoms with E-state index in [-0.39, 0.29) is 5.56 Å². The van der Waals surface area contributed by atoms with Crippen LogP contribution in [0, 0.1) is 17.1 Å². The quantitative estimate of drug-likeness (QED) is 0.542. The van der Waals surface area contributed by atoms with Crippen LogP contribution in [0.1, 0.15) is 11.1 Å². The maximum absolute atomic E-state index is 13.3. The lowest BCUT2D eigenvalue weighted by Crippen LogP contribution is -1.90. The van der Waals surface area contributed by atoms with Gasteiger partial charge < -0.3 is 0 Å². The Kier molecular flexibility index (Phi) is 3.80. The molecule has 5 heteroatoms. The van der Waals surface area contributed by atoms with Crippen LogP contribution in [-0.4, -0.2) is 9.97 Å². The van der Waals surface area contributed by atoms with Gasteiger partial charge in [0.25, 0.3) is 0 Å². The molecule has 0 unspecified atom stereocenters. The Morgan fingerprint density at radius 1 is 1.14 bits per heavy atom. The number of thioether (sulfide) groups is 1. The fraction of sp³-hybridized carbons (Fsp3) is 0.0625. The number of fused-ring (bicyclic) bond motifs is 1. The fourth-order valence-corrected chi connectivity index (χ4v) is 2.93. The summed E-state index contributed by atoms with van der Waals surface area (Å²) in [4.78, 5) is 8.51. The molecule has 0 fully saturated rings. The third-order valence-electron chi connectivity index (χ3n) is 3.03. The van der Waals surface area contributed by atoms with Gasteiger partial charge in [-0.15, -0.1) is 11.8 Å². The molecule has 3 aromatic rings. The molecule has 3 rings (SSSR count). The van der Waals surface area contributed by atoms with E-state index >= 15 is 0 Å². The van der Waals surface area contributed by atoms with Gasteiger partial charge in [0.1, 0.15) is 23.2 Å². The number of rotatable bonds is 3. The standard InChI is InChI=1S/C16H10FN3S/c17-14-6-5-11(7-12(14)8-18)9-21-16-13-3-1-2-4-15(13)19-10-20-16/h1-7,10H,9H2. The van der Waals surface area contributed by atoms with Crippen LogP contribution in [0.15, 0.2) is 53.8 Å². The van der Waals surface area contributed by atoms with Gasteiger partial charge in [0.15, 0.2) is 0 Å². The van der Waals surface area contributed by atoms with Crippen LogP contribution in [-0.2, 0) is 5.75 Å². The Labute approximate surface area is 125 Å². The van der Waals surface area contributed by atoms with Gasteiger partial charge in [-0.1, -0.05) is 24.3 Å². The maximum atomic E-state index is 13.3. The van der Waals surface area contributed by atoms with E-state index in [1.807, 2.05) is 30.3 Å². The molecule has 0 atom stereocenters. The molecule has 0 N–H and O–H groups in total. The second-order valence-corrected chi connectivity index (χ2v) is 5.37. The number of para-hydroxylation sites is 1. The zero-order valence-corrected chi connectivity index (χ0v) is 11.8. The molecule has 0 bridgehead atoms. The number of nitrogens with zero attached hydrogens (tertiary/aromatic N) is 3. The van der Waals surface area contributed by atoms with Crippen LogP contribution in [0.4, 0.5) is 4.39 Å². The summed E-state index contributed by atoms with van der Waals surface area (Å²) >= 11 is 1.55. The topological polar surface area (TPSA) is 49.6 Å². The lowest BCUT2D eigenvalue weighted by atomic mass is 10.1. The molecular formula is C16H10FN3S. The normalized spacial score (nSPS) is 10.5. The van der Waals surface area contributed by atoms with Gasteiger partial charge in [0.05, 0.1) is 11.1 Å². The van der Waals surface area contributed by atoms with Crippen molar-refractivity contribution in [1.29, 1.82) is 5.26 Å². The number of halogens is 1. The average Bonchev–Trinajstić information content (AvgIpc) is 2.54. The molecule has 1 aromatic heterocycles. The average molecular weight is 295 g/mol. The Bertz CT molecular complexity index is 837. The monoisotopic (exact) mass is 295 g/mol. The van der Waals surface area contributed by atoms with Crippen molar-refractivity contribution >= 4 is 22.7 Å². The fourth-order valence-electron chi connectivity index (χ4n) is 1.99. The second kappa shape index (κ2) is 5.90. The number of aromatic nitrogens is 2. The van der Waals surface area contributed by atoms with E-state index in [1.54, 1.807) is 23.9 Å². The minimum Gasteiger partial charge on any atom is -0.236 e. The van der Waals surface area contributed by atoms with Gasteiger partial charge in [-0.2, -0.15) is 5.26 Å². The highest BCUT2D eigenvalue weighted by Gasteiger charge is 2.06. The zero-order chi connectivity index (χ0) is 14.7. The molecule has 21 heavy (non-hydrogen) atoms. The van der Waals surface area contributed by atoms with E-state index in [0.29, 0.717) is 5.75 Å². The summed E-state index contributed by atoms with van der Waals surface area (Å²) in [6, 6.07) is 14.2. The Balaban J connectivity index is 1.86. The first-order valence-electron chi connectivity index (χ1n) is 6.29. The highest BCUT2D eigenvalue weighted by Crippen LogP contribution is 2.27. The van der Waals surface area contributed by atoms with Crippen LogP contribution in [0.2, 0.25) is 0 Å². The molecule has 0 aliphatic carbocycles. The van der Waals surface area contributed by atoms with Crippen molar-refractivity contribution in [3.8, 4) is 6.07 Å². The number of hydrogen-bond acceptors (Lipinski definition) is 4. The van der Waals surface area contributed by atoms with E-state index < -0.39 is 5.82 Å². The minimum atomic E-state index is -0.487. The summed E-state index contributed by atoms with van der Waals surface area (Å²) in [5, 5.41) is 10.7. The van der Waals surface area contributed by atoms with E-state index in [0.717, 1.165) is 21.5 Å².